The van der Waals surface area contributed by atoms with Gasteiger partial charge in [-0.1, -0.05) is 36.4 Å². The predicted octanol–water partition coefficient (Wildman–Crippen LogP) is 3.27. The molecule has 4 nitrogen and oxygen atoms in total. The third-order valence-electron chi connectivity index (χ3n) is 6.10. The number of piperazine rings is 1. The Morgan fingerprint density at radius 3 is 2.88 bits per heavy atom. The van der Waals surface area contributed by atoms with E-state index in [9.17, 15) is 0 Å². The van der Waals surface area contributed by atoms with Crippen molar-refractivity contribution in [2.45, 2.75) is 51.4 Å². The van der Waals surface area contributed by atoms with Gasteiger partial charge < -0.3 is 0 Å². The number of hydrogen-bond donors (Lipinski definition) is 0. The molecule has 2 saturated heterocycles. The Morgan fingerprint density at radius 1 is 1.23 bits per heavy atom. The molecule has 0 aliphatic carbocycles. The Balaban J connectivity index is 1.53. The van der Waals surface area contributed by atoms with Crippen LogP contribution in [0, 0.1) is 6.92 Å². The Bertz CT molecular complexity index is 736. The average molecular weight is 351 g/mol. The second-order valence-corrected chi connectivity index (χ2v) is 7.79. The van der Waals surface area contributed by atoms with Gasteiger partial charge in [-0.15, -0.1) is 6.58 Å². The van der Waals surface area contributed by atoms with Gasteiger partial charge in [0.05, 0.1) is 12.7 Å². The van der Waals surface area contributed by atoms with Gasteiger partial charge in [0.25, 0.3) is 0 Å². The normalized spacial score (nSPS) is 23.9. The molecule has 2 atom stereocenters. The number of rotatable bonds is 6. The quantitative estimate of drug-likeness (QED) is 0.748. The summed E-state index contributed by atoms with van der Waals surface area (Å²) in [5.74, 6) is 0. The topological polar surface area (TPSA) is 24.3 Å². The van der Waals surface area contributed by atoms with Crippen LogP contribution in [0.4, 0.5) is 0 Å². The number of fused-ring (bicyclic) bond motifs is 1. The fraction of sp³-hybridized carbons (Fsp3) is 0.500. The van der Waals surface area contributed by atoms with Crippen LogP contribution in [-0.4, -0.2) is 51.3 Å². The molecule has 4 rings (SSSR count). The summed E-state index contributed by atoms with van der Waals surface area (Å²) in [5.41, 5.74) is 4.08. The molecule has 26 heavy (non-hydrogen) atoms. The van der Waals surface area contributed by atoms with E-state index in [4.69, 9.17) is 0 Å². The van der Waals surface area contributed by atoms with Gasteiger partial charge in [-0.2, -0.15) is 5.10 Å². The highest BCUT2D eigenvalue weighted by Crippen LogP contribution is 2.28. The zero-order valence-electron chi connectivity index (χ0n) is 15.8. The highest BCUT2D eigenvalue weighted by molar-refractivity contribution is 5.19. The van der Waals surface area contributed by atoms with Crippen LogP contribution in [0.3, 0.4) is 0 Å². The first kappa shape index (κ1) is 17.5. The fourth-order valence-corrected chi connectivity index (χ4v) is 4.59. The Labute approximate surface area is 157 Å². The minimum Gasteiger partial charge on any atom is -0.298 e. The second-order valence-electron chi connectivity index (χ2n) is 7.79. The molecule has 0 amide bonds. The molecular formula is C22H30N4. The molecule has 0 saturated carbocycles. The second kappa shape index (κ2) is 7.77. The summed E-state index contributed by atoms with van der Waals surface area (Å²) in [4.78, 5) is 5.43. The van der Waals surface area contributed by atoms with E-state index in [-0.39, 0.29) is 0 Å². The van der Waals surface area contributed by atoms with Gasteiger partial charge in [-0.05, 0) is 38.3 Å². The van der Waals surface area contributed by atoms with Crippen molar-refractivity contribution in [1.82, 2.24) is 19.6 Å². The Hall–Kier alpha value is -1.91. The lowest BCUT2D eigenvalue weighted by Gasteiger charge is -2.44. The maximum Gasteiger partial charge on any atom is 0.0590 e. The zero-order chi connectivity index (χ0) is 17.9. The molecule has 2 aliphatic rings. The highest BCUT2D eigenvalue weighted by Gasteiger charge is 2.36. The summed E-state index contributed by atoms with van der Waals surface area (Å²) in [5, 5.41) is 4.55. The lowest BCUT2D eigenvalue weighted by atomic mass is 9.99. The lowest BCUT2D eigenvalue weighted by molar-refractivity contribution is 0.0454. The summed E-state index contributed by atoms with van der Waals surface area (Å²) in [7, 11) is 0. The van der Waals surface area contributed by atoms with E-state index < -0.39 is 0 Å². The van der Waals surface area contributed by atoms with Crippen LogP contribution in [0.5, 0.6) is 0 Å². The van der Waals surface area contributed by atoms with Crippen LogP contribution in [-0.2, 0) is 19.5 Å². The lowest BCUT2D eigenvalue weighted by Crippen LogP contribution is -2.56. The van der Waals surface area contributed by atoms with E-state index >= 15 is 0 Å². The number of nitrogens with zero attached hydrogens (tertiary/aromatic N) is 4. The smallest absolute Gasteiger partial charge is 0.0590 e. The standard InChI is InChI=1S/C22H30N4/c1-3-11-26-18(2)20(14-23-26)15-25-16-21-10-7-12-24(21)17-22(25)13-19-8-5-4-6-9-19/h3-6,8-9,14,21-22H,1,7,10-13,15-17H2,2H3/t21-,22+/m0/s1. The molecule has 0 spiro atoms. The van der Waals surface area contributed by atoms with E-state index in [1.165, 1.54) is 49.3 Å². The van der Waals surface area contributed by atoms with Gasteiger partial charge in [0.1, 0.15) is 0 Å². The maximum atomic E-state index is 4.55. The van der Waals surface area contributed by atoms with Crippen LogP contribution in [0.1, 0.15) is 29.7 Å². The van der Waals surface area contributed by atoms with Crippen molar-refractivity contribution in [2.75, 3.05) is 19.6 Å². The van der Waals surface area contributed by atoms with Gasteiger partial charge in [0, 0.05) is 43.0 Å². The SMILES string of the molecule is C=CCn1ncc(CN2C[C@@H]3CCCN3C[C@H]2Cc2ccccc2)c1C. The molecule has 0 radical (unpaired) electrons. The van der Waals surface area contributed by atoms with Crippen LogP contribution < -0.4 is 0 Å². The number of aromatic nitrogens is 2. The Morgan fingerprint density at radius 2 is 2.08 bits per heavy atom. The molecule has 1 aromatic heterocycles. The summed E-state index contributed by atoms with van der Waals surface area (Å²) in [6.07, 6.45) is 7.80. The van der Waals surface area contributed by atoms with Crippen molar-refractivity contribution >= 4 is 0 Å². The van der Waals surface area contributed by atoms with E-state index in [0.717, 1.165) is 25.6 Å². The van der Waals surface area contributed by atoms with Gasteiger partial charge in [0.15, 0.2) is 0 Å². The third-order valence-corrected chi connectivity index (χ3v) is 6.10. The first-order valence-corrected chi connectivity index (χ1v) is 9.89. The summed E-state index contributed by atoms with van der Waals surface area (Å²) >= 11 is 0. The summed E-state index contributed by atoms with van der Waals surface area (Å²) < 4.78 is 2.06. The predicted molar refractivity (Wildman–Crippen MR) is 106 cm³/mol. The highest BCUT2D eigenvalue weighted by atomic mass is 15.3. The van der Waals surface area contributed by atoms with Crippen molar-refractivity contribution < 1.29 is 0 Å². The first-order chi connectivity index (χ1) is 12.7. The molecular weight excluding hydrogens is 320 g/mol. The maximum absolute atomic E-state index is 4.55. The van der Waals surface area contributed by atoms with Crippen molar-refractivity contribution in [3.63, 3.8) is 0 Å². The average Bonchev–Trinajstić information content (AvgIpc) is 3.24. The molecule has 0 N–H and O–H groups in total. The number of allylic oxidation sites excluding steroid dienone is 1. The van der Waals surface area contributed by atoms with Crippen LogP contribution in [0.15, 0.2) is 49.2 Å². The van der Waals surface area contributed by atoms with Crippen molar-refractivity contribution in [1.29, 1.82) is 0 Å². The fourth-order valence-electron chi connectivity index (χ4n) is 4.59. The molecule has 3 heterocycles. The van der Waals surface area contributed by atoms with Gasteiger partial charge >= 0.3 is 0 Å². The molecule has 1 aromatic carbocycles. The van der Waals surface area contributed by atoms with E-state index in [1.54, 1.807) is 0 Å². The van der Waals surface area contributed by atoms with Crippen LogP contribution in [0.2, 0.25) is 0 Å². The van der Waals surface area contributed by atoms with E-state index in [2.05, 4.69) is 69.6 Å². The van der Waals surface area contributed by atoms with E-state index in [1.807, 2.05) is 6.08 Å². The van der Waals surface area contributed by atoms with Gasteiger partial charge in [0.2, 0.25) is 0 Å². The van der Waals surface area contributed by atoms with Gasteiger partial charge in [-0.3, -0.25) is 14.5 Å². The molecule has 4 heteroatoms. The summed E-state index contributed by atoms with van der Waals surface area (Å²) in [6.45, 7) is 11.5. The Kier molecular flexibility index (Phi) is 5.23. The molecule has 2 aliphatic heterocycles. The number of hydrogen-bond acceptors (Lipinski definition) is 3. The monoisotopic (exact) mass is 350 g/mol. The minimum absolute atomic E-state index is 0.578. The zero-order valence-corrected chi connectivity index (χ0v) is 15.8. The largest absolute Gasteiger partial charge is 0.298 e. The molecule has 0 bridgehead atoms. The first-order valence-electron chi connectivity index (χ1n) is 9.89. The summed E-state index contributed by atoms with van der Waals surface area (Å²) in [6, 6.07) is 12.3. The van der Waals surface area contributed by atoms with Gasteiger partial charge in [-0.25, -0.2) is 0 Å². The van der Waals surface area contributed by atoms with Crippen molar-refractivity contribution in [2.24, 2.45) is 0 Å². The minimum atomic E-state index is 0.578. The molecule has 138 valence electrons. The van der Waals surface area contributed by atoms with Crippen molar-refractivity contribution in [3.05, 3.63) is 66.0 Å². The number of benzene rings is 1. The third kappa shape index (κ3) is 3.62. The van der Waals surface area contributed by atoms with Crippen molar-refractivity contribution in [3.8, 4) is 0 Å². The van der Waals surface area contributed by atoms with E-state index in [0.29, 0.717) is 6.04 Å². The van der Waals surface area contributed by atoms with Crippen LogP contribution in [0.25, 0.3) is 0 Å². The molecule has 2 fully saturated rings. The molecule has 2 aromatic rings. The van der Waals surface area contributed by atoms with Crippen LogP contribution >= 0.6 is 0 Å². The molecule has 0 unspecified atom stereocenters.